The van der Waals surface area contributed by atoms with E-state index in [0.29, 0.717) is 6.54 Å². The number of nitrogens with one attached hydrogen (secondary N) is 2. The summed E-state index contributed by atoms with van der Waals surface area (Å²) in [6.07, 6.45) is 8.82. The Morgan fingerprint density at radius 3 is 2.70 bits per heavy atom. The topological polar surface area (TPSA) is 62.7 Å². The molecular formula is C15H21N5. The van der Waals surface area contributed by atoms with Gasteiger partial charge in [-0.3, -0.25) is 4.98 Å². The number of aromatic nitrogens is 3. The molecule has 106 valence electrons. The third kappa shape index (κ3) is 4.84. The Kier molecular flexibility index (Phi) is 5.76. The van der Waals surface area contributed by atoms with E-state index in [2.05, 4.69) is 32.5 Å². The summed E-state index contributed by atoms with van der Waals surface area (Å²) < 4.78 is 0. The normalized spacial score (nSPS) is 10.2. The Bertz CT molecular complexity index is 501. The highest BCUT2D eigenvalue weighted by Gasteiger charge is 1.98. The highest BCUT2D eigenvalue weighted by atomic mass is 15.1. The molecule has 0 fully saturated rings. The molecule has 5 nitrogen and oxygen atoms in total. The van der Waals surface area contributed by atoms with Gasteiger partial charge in [0.25, 0.3) is 0 Å². The van der Waals surface area contributed by atoms with Gasteiger partial charge in [0.1, 0.15) is 18.0 Å². The minimum absolute atomic E-state index is 0.708. The maximum absolute atomic E-state index is 4.22. The van der Waals surface area contributed by atoms with E-state index in [0.717, 1.165) is 23.7 Å². The molecule has 2 rings (SSSR count). The van der Waals surface area contributed by atoms with Gasteiger partial charge in [-0.25, -0.2) is 9.97 Å². The van der Waals surface area contributed by atoms with Gasteiger partial charge in [0.15, 0.2) is 0 Å². The number of anilines is 2. The van der Waals surface area contributed by atoms with E-state index in [4.69, 9.17) is 0 Å². The molecule has 0 spiro atoms. The molecule has 0 amide bonds. The first-order valence-electron chi connectivity index (χ1n) is 7.07. The fourth-order valence-electron chi connectivity index (χ4n) is 1.84. The molecule has 0 atom stereocenters. The summed E-state index contributed by atoms with van der Waals surface area (Å²) in [4.78, 5) is 12.5. The molecule has 0 saturated heterocycles. The van der Waals surface area contributed by atoms with Crippen LogP contribution in [0.1, 0.15) is 31.7 Å². The second kappa shape index (κ2) is 8.09. The molecule has 2 aromatic heterocycles. The van der Waals surface area contributed by atoms with E-state index in [1.165, 1.54) is 19.3 Å². The third-order valence-electron chi connectivity index (χ3n) is 2.95. The van der Waals surface area contributed by atoms with Gasteiger partial charge in [-0.15, -0.1) is 0 Å². The summed E-state index contributed by atoms with van der Waals surface area (Å²) in [6, 6.07) is 5.89. The van der Waals surface area contributed by atoms with E-state index in [-0.39, 0.29) is 0 Å². The Labute approximate surface area is 119 Å². The van der Waals surface area contributed by atoms with Crippen LogP contribution in [-0.2, 0) is 6.54 Å². The number of hydrogen-bond donors (Lipinski definition) is 2. The van der Waals surface area contributed by atoms with Gasteiger partial charge in [-0.2, -0.15) is 0 Å². The Morgan fingerprint density at radius 1 is 1.10 bits per heavy atom. The van der Waals surface area contributed by atoms with E-state index in [1.807, 2.05) is 24.4 Å². The first kappa shape index (κ1) is 14.2. The first-order valence-corrected chi connectivity index (χ1v) is 7.07. The average molecular weight is 271 g/mol. The minimum Gasteiger partial charge on any atom is -0.370 e. The molecule has 0 saturated carbocycles. The van der Waals surface area contributed by atoms with Crippen molar-refractivity contribution in [2.24, 2.45) is 0 Å². The van der Waals surface area contributed by atoms with E-state index < -0.39 is 0 Å². The lowest BCUT2D eigenvalue weighted by molar-refractivity contribution is 0.742. The van der Waals surface area contributed by atoms with Gasteiger partial charge in [0.05, 0.1) is 0 Å². The molecule has 20 heavy (non-hydrogen) atoms. The van der Waals surface area contributed by atoms with Crippen LogP contribution in [0.25, 0.3) is 0 Å². The van der Waals surface area contributed by atoms with Crippen LogP contribution in [0.5, 0.6) is 0 Å². The molecule has 5 heteroatoms. The van der Waals surface area contributed by atoms with Crippen LogP contribution in [0.3, 0.4) is 0 Å². The van der Waals surface area contributed by atoms with Crippen LogP contribution in [0, 0.1) is 0 Å². The van der Waals surface area contributed by atoms with Crippen molar-refractivity contribution < 1.29 is 0 Å². The van der Waals surface area contributed by atoms with Crippen LogP contribution in [0.4, 0.5) is 11.6 Å². The maximum atomic E-state index is 4.22. The second-order valence-corrected chi connectivity index (χ2v) is 4.64. The van der Waals surface area contributed by atoms with Crippen molar-refractivity contribution in [3.05, 3.63) is 42.5 Å². The molecule has 0 aliphatic rings. The van der Waals surface area contributed by atoms with Crippen LogP contribution >= 0.6 is 0 Å². The Hall–Kier alpha value is -2.17. The number of hydrogen-bond acceptors (Lipinski definition) is 5. The zero-order valence-electron chi connectivity index (χ0n) is 11.8. The molecular weight excluding hydrogens is 250 g/mol. The van der Waals surface area contributed by atoms with Gasteiger partial charge in [-0.05, 0) is 18.1 Å². The standard InChI is InChI=1S/C15H21N5/c1-2-3-4-8-17-14-9-15(20-12-19-14)18-11-13-6-5-7-16-10-13/h5-7,9-10,12H,2-4,8,11H2,1H3,(H2,17,18,19,20). The molecule has 2 N–H and O–H groups in total. The van der Waals surface area contributed by atoms with E-state index >= 15 is 0 Å². The summed E-state index contributed by atoms with van der Waals surface area (Å²) in [5.41, 5.74) is 1.13. The number of pyridine rings is 1. The second-order valence-electron chi connectivity index (χ2n) is 4.64. The molecule has 2 heterocycles. The van der Waals surface area contributed by atoms with Crippen molar-refractivity contribution in [1.82, 2.24) is 15.0 Å². The first-order chi connectivity index (χ1) is 9.88. The van der Waals surface area contributed by atoms with Crippen molar-refractivity contribution in [3.8, 4) is 0 Å². The highest BCUT2D eigenvalue weighted by molar-refractivity contribution is 5.46. The molecule has 0 aromatic carbocycles. The third-order valence-corrected chi connectivity index (χ3v) is 2.95. The Morgan fingerprint density at radius 2 is 1.95 bits per heavy atom. The number of unbranched alkanes of at least 4 members (excludes halogenated alkanes) is 2. The van der Waals surface area contributed by atoms with Crippen molar-refractivity contribution >= 4 is 11.6 Å². The molecule has 0 aliphatic carbocycles. The predicted octanol–water partition coefficient (Wildman–Crippen LogP) is 3.09. The summed E-state index contributed by atoms with van der Waals surface area (Å²) in [7, 11) is 0. The lowest BCUT2D eigenvalue weighted by atomic mass is 10.2. The smallest absolute Gasteiger partial charge is 0.131 e. The fraction of sp³-hybridized carbons (Fsp3) is 0.400. The minimum atomic E-state index is 0.708. The summed E-state index contributed by atoms with van der Waals surface area (Å²) in [6.45, 7) is 3.86. The van der Waals surface area contributed by atoms with Crippen LogP contribution in [0.15, 0.2) is 36.9 Å². The maximum Gasteiger partial charge on any atom is 0.131 e. The van der Waals surface area contributed by atoms with Crippen LogP contribution < -0.4 is 10.6 Å². The van der Waals surface area contributed by atoms with Crippen molar-refractivity contribution in [1.29, 1.82) is 0 Å². The van der Waals surface area contributed by atoms with Crippen LogP contribution in [0.2, 0.25) is 0 Å². The molecule has 0 bridgehead atoms. The van der Waals surface area contributed by atoms with Gasteiger partial charge < -0.3 is 10.6 Å². The molecule has 0 aliphatic heterocycles. The lowest BCUT2D eigenvalue weighted by Crippen LogP contribution is -2.06. The van der Waals surface area contributed by atoms with Gasteiger partial charge >= 0.3 is 0 Å². The van der Waals surface area contributed by atoms with Gasteiger partial charge in [0.2, 0.25) is 0 Å². The SMILES string of the molecule is CCCCCNc1cc(NCc2cccnc2)ncn1. The Balaban J connectivity index is 1.83. The predicted molar refractivity (Wildman–Crippen MR) is 81.6 cm³/mol. The lowest BCUT2D eigenvalue weighted by Gasteiger charge is -2.08. The van der Waals surface area contributed by atoms with Crippen LogP contribution in [-0.4, -0.2) is 21.5 Å². The summed E-state index contributed by atoms with van der Waals surface area (Å²) in [5.74, 6) is 1.69. The molecule has 2 aromatic rings. The van der Waals surface area contributed by atoms with E-state index in [1.54, 1.807) is 12.5 Å². The zero-order chi connectivity index (χ0) is 14.0. The summed E-state index contributed by atoms with van der Waals surface area (Å²) >= 11 is 0. The zero-order valence-corrected chi connectivity index (χ0v) is 11.8. The molecule has 0 unspecified atom stereocenters. The largest absolute Gasteiger partial charge is 0.370 e. The summed E-state index contributed by atoms with van der Waals surface area (Å²) in [5, 5.41) is 6.59. The fourth-order valence-corrected chi connectivity index (χ4v) is 1.84. The number of nitrogens with zero attached hydrogens (tertiary/aromatic N) is 3. The average Bonchev–Trinajstić information content (AvgIpc) is 2.51. The van der Waals surface area contributed by atoms with Gasteiger partial charge in [-0.1, -0.05) is 25.8 Å². The number of rotatable bonds is 8. The quantitative estimate of drug-likeness (QED) is 0.722. The van der Waals surface area contributed by atoms with Gasteiger partial charge in [0, 0.05) is 31.5 Å². The highest BCUT2D eigenvalue weighted by Crippen LogP contribution is 2.10. The van der Waals surface area contributed by atoms with Crippen molar-refractivity contribution in [3.63, 3.8) is 0 Å². The van der Waals surface area contributed by atoms with Crippen molar-refractivity contribution in [2.45, 2.75) is 32.7 Å². The molecule has 0 radical (unpaired) electrons. The van der Waals surface area contributed by atoms with E-state index in [9.17, 15) is 0 Å². The van der Waals surface area contributed by atoms with Crippen molar-refractivity contribution in [2.75, 3.05) is 17.2 Å². The monoisotopic (exact) mass is 271 g/mol.